The molecule has 1 aromatic rings. The lowest BCUT2D eigenvalue weighted by molar-refractivity contribution is -0.136. The molecule has 2 fully saturated rings. The largest absolute Gasteiger partial charge is 0.435 e. The van der Waals surface area contributed by atoms with Crippen LogP contribution in [0.4, 0.5) is 0 Å². The molecule has 2 saturated heterocycles. The van der Waals surface area contributed by atoms with E-state index in [1.807, 2.05) is 18.9 Å². The smallest absolute Gasteiger partial charge is 0.289 e. The third-order valence-corrected chi connectivity index (χ3v) is 5.61. The number of ether oxygens (including phenoxy) is 1. The summed E-state index contributed by atoms with van der Waals surface area (Å²) in [5, 5.41) is 2.96. The summed E-state index contributed by atoms with van der Waals surface area (Å²) in [6.45, 7) is 6.89. The summed E-state index contributed by atoms with van der Waals surface area (Å²) < 4.78 is 10.8. The number of aryl methyl sites for hydroxylation is 2. The standard InChI is InChI=1S/C19H30N4O4/c1-4-16-21-13(2)18(27-16)19(25)20-12-15-6-5-14(22(15)3)11-17(24)23-7-9-26-10-8-23/h14-15H,4-12H2,1-3H3,(H,20,25)/t14-,15+/m1/s1. The van der Waals surface area contributed by atoms with Crippen LogP contribution in [0.2, 0.25) is 0 Å². The van der Waals surface area contributed by atoms with Crippen molar-refractivity contribution in [3.63, 3.8) is 0 Å². The summed E-state index contributed by atoms with van der Waals surface area (Å²) in [5.41, 5.74) is 0.623. The minimum atomic E-state index is -0.221. The summed E-state index contributed by atoms with van der Waals surface area (Å²) >= 11 is 0. The number of carbonyl (C=O) groups is 2. The molecule has 2 aliphatic heterocycles. The van der Waals surface area contributed by atoms with Crippen LogP contribution in [0.1, 0.15) is 48.3 Å². The fraction of sp³-hybridized carbons (Fsp3) is 0.737. The summed E-state index contributed by atoms with van der Waals surface area (Å²) in [6, 6.07) is 0.450. The Morgan fingerprint density at radius 3 is 2.59 bits per heavy atom. The molecule has 8 heteroatoms. The van der Waals surface area contributed by atoms with Gasteiger partial charge in [-0.1, -0.05) is 6.92 Å². The van der Waals surface area contributed by atoms with E-state index in [2.05, 4.69) is 15.2 Å². The number of nitrogens with zero attached hydrogens (tertiary/aromatic N) is 3. The summed E-state index contributed by atoms with van der Waals surface area (Å²) in [5.74, 6) is 0.856. The van der Waals surface area contributed by atoms with Crippen molar-refractivity contribution in [2.45, 2.75) is 51.6 Å². The Balaban J connectivity index is 1.48. The minimum absolute atomic E-state index is 0.198. The first-order valence-electron chi connectivity index (χ1n) is 9.81. The van der Waals surface area contributed by atoms with E-state index in [1.165, 1.54) is 0 Å². The van der Waals surface area contributed by atoms with Gasteiger partial charge in [-0.15, -0.1) is 0 Å². The van der Waals surface area contributed by atoms with Gasteiger partial charge in [0.05, 0.1) is 18.9 Å². The second-order valence-electron chi connectivity index (χ2n) is 7.33. The van der Waals surface area contributed by atoms with E-state index in [0.29, 0.717) is 63.0 Å². The Labute approximate surface area is 160 Å². The van der Waals surface area contributed by atoms with Crippen LogP contribution >= 0.6 is 0 Å². The molecule has 2 atom stereocenters. The first kappa shape index (κ1) is 19.8. The lowest BCUT2D eigenvalue weighted by Crippen LogP contribution is -2.45. The highest BCUT2D eigenvalue weighted by Crippen LogP contribution is 2.25. The van der Waals surface area contributed by atoms with Gasteiger partial charge in [0.15, 0.2) is 5.89 Å². The maximum atomic E-state index is 12.5. The number of morpholine rings is 1. The number of likely N-dealkylation sites (tertiary alicyclic amines) is 1. The molecule has 3 rings (SSSR count). The van der Waals surface area contributed by atoms with Crippen molar-refractivity contribution in [1.82, 2.24) is 20.1 Å². The number of amides is 2. The molecule has 2 amide bonds. The molecule has 8 nitrogen and oxygen atoms in total. The minimum Gasteiger partial charge on any atom is -0.435 e. The van der Waals surface area contributed by atoms with Crippen molar-refractivity contribution in [2.24, 2.45) is 0 Å². The van der Waals surface area contributed by atoms with Crippen molar-refractivity contribution >= 4 is 11.8 Å². The fourth-order valence-electron chi connectivity index (χ4n) is 3.83. The molecule has 150 valence electrons. The van der Waals surface area contributed by atoms with Gasteiger partial charge in [0.2, 0.25) is 11.7 Å². The van der Waals surface area contributed by atoms with Gasteiger partial charge in [-0.05, 0) is 26.8 Å². The van der Waals surface area contributed by atoms with Gasteiger partial charge in [-0.3, -0.25) is 14.5 Å². The molecule has 0 saturated carbocycles. The topological polar surface area (TPSA) is 87.9 Å². The Kier molecular flexibility index (Phi) is 6.49. The van der Waals surface area contributed by atoms with E-state index in [1.54, 1.807) is 6.92 Å². The third kappa shape index (κ3) is 4.68. The van der Waals surface area contributed by atoms with Crippen LogP contribution in [-0.4, -0.2) is 78.6 Å². The zero-order valence-electron chi connectivity index (χ0n) is 16.5. The number of likely N-dealkylation sites (N-methyl/N-ethyl adjacent to an activating group) is 1. The number of nitrogens with one attached hydrogen (secondary N) is 1. The number of aromatic nitrogens is 1. The molecule has 0 bridgehead atoms. The van der Waals surface area contributed by atoms with Gasteiger partial charge >= 0.3 is 0 Å². The molecule has 0 aromatic carbocycles. The molecule has 0 spiro atoms. The van der Waals surface area contributed by atoms with Crippen LogP contribution < -0.4 is 5.32 Å². The summed E-state index contributed by atoms with van der Waals surface area (Å²) in [7, 11) is 2.04. The number of hydrogen-bond donors (Lipinski definition) is 1. The average Bonchev–Trinajstić information content (AvgIpc) is 3.23. The molecule has 0 radical (unpaired) electrons. The zero-order valence-corrected chi connectivity index (χ0v) is 16.5. The Hall–Kier alpha value is -1.93. The second-order valence-corrected chi connectivity index (χ2v) is 7.33. The predicted molar refractivity (Wildman–Crippen MR) is 99.5 cm³/mol. The van der Waals surface area contributed by atoms with Crippen LogP contribution in [0.3, 0.4) is 0 Å². The van der Waals surface area contributed by atoms with E-state index < -0.39 is 0 Å². The molecule has 1 aromatic heterocycles. The van der Waals surface area contributed by atoms with E-state index in [9.17, 15) is 9.59 Å². The van der Waals surface area contributed by atoms with Crippen LogP contribution in [0.15, 0.2) is 4.42 Å². The monoisotopic (exact) mass is 378 g/mol. The summed E-state index contributed by atoms with van der Waals surface area (Å²) in [6.07, 6.45) is 3.13. The van der Waals surface area contributed by atoms with Gasteiger partial charge in [-0.25, -0.2) is 4.98 Å². The van der Waals surface area contributed by atoms with Crippen LogP contribution in [0.5, 0.6) is 0 Å². The number of rotatable bonds is 6. The maximum Gasteiger partial charge on any atom is 0.289 e. The molecule has 2 aliphatic rings. The van der Waals surface area contributed by atoms with Crippen molar-refractivity contribution in [1.29, 1.82) is 0 Å². The zero-order chi connectivity index (χ0) is 19.4. The van der Waals surface area contributed by atoms with E-state index in [4.69, 9.17) is 9.15 Å². The van der Waals surface area contributed by atoms with E-state index in [-0.39, 0.29) is 23.9 Å². The Morgan fingerprint density at radius 1 is 1.22 bits per heavy atom. The lowest BCUT2D eigenvalue weighted by Gasteiger charge is -2.30. The van der Waals surface area contributed by atoms with E-state index >= 15 is 0 Å². The number of carbonyl (C=O) groups excluding carboxylic acids is 2. The van der Waals surface area contributed by atoms with Gasteiger partial charge in [0, 0.05) is 44.6 Å². The van der Waals surface area contributed by atoms with Gasteiger partial charge in [0.25, 0.3) is 5.91 Å². The van der Waals surface area contributed by atoms with E-state index in [0.717, 1.165) is 12.8 Å². The van der Waals surface area contributed by atoms with Crippen molar-refractivity contribution in [2.75, 3.05) is 39.9 Å². The molecule has 27 heavy (non-hydrogen) atoms. The van der Waals surface area contributed by atoms with Crippen molar-refractivity contribution in [3.8, 4) is 0 Å². The first-order valence-corrected chi connectivity index (χ1v) is 9.81. The Morgan fingerprint density at radius 2 is 1.93 bits per heavy atom. The molecule has 0 aliphatic carbocycles. The van der Waals surface area contributed by atoms with Crippen LogP contribution in [-0.2, 0) is 16.0 Å². The highest BCUT2D eigenvalue weighted by Gasteiger charge is 2.33. The van der Waals surface area contributed by atoms with Crippen molar-refractivity contribution < 1.29 is 18.7 Å². The second kappa shape index (κ2) is 8.84. The molecular formula is C19H30N4O4. The average molecular weight is 378 g/mol. The molecular weight excluding hydrogens is 348 g/mol. The SMILES string of the molecule is CCc1nc(C)c(C(=O)NC[C@@H]2CC[C@H](CC(=O)N3CCOCC3)N2C)o1. The number of oxazole rings is 1. The molecule has 1 N–H and O–H groups in total. The first-order chi connectivity index (χ1) is 13.0. The molecule has 0 unspecified atom stereocenters. The fourth-order valence-corrected chi connectivity index (χ4v) is 3.83. The number of hydrogen-bond acceptors (Lipinski definition) is 6. The van der Waals surface area contributed by atoms with Gasteiger partial charge in [-0.2, -0.15) is 0 Å². The normalized spacial score (nSPS) is 23.6. The van der Waals surface area contributed by atoms with Crippen molar-refractivity contribution in [3.05, 3.63) is 17.3 Å². The Bertz CT molecular complexity index is 669. The van der Waals surface area contributed by atoms with Crippen LogP contribution in [0, 0.1) is 6.92 Å². The lowest BCUT2D eigenvalue weighted by atomic mass is 10.1. The third-order valence-electron chi connectivity index (χ3n) is 5.61. The summed E-state index contributed by atoms with van der Waals surface area (Å²) in [4.78, 5) is 33.2. The maximum absolute atomic E-state index is 12.5. The quantitative estimate of drug-likeness (QED) is 0.794. The van der Waals surface area contributed by atoms with Crippen LogP contribution in [0.25, 0.3) is 0 Å². The highest BCUT2D eigenvalue weighted by molar-refractivity contribution is 5.92. The predicted octanol–water partition coefficient (Wildman–Crippen LogP) is 0.987. The highest BCUT2D eigenvalue weighted by atomic mass is 16.5. The van der Waals surface area contributed by atoms with Gasteiger partial charge in [0.1, 0.15) is 0 Å². The molecule has 3 heterocycles. The van der Waals surface area contributed by atoms with Gasteiger partial charge < -0.3 is 19.4 Å².